The minimum absolute atomic E-state index is 0.830. The molecule has 0 saturated heterocycles. The lowest BCUT2D eigenvalue weighted by atomic mass is 10.2. The van der Waals surface area contributed by atoms with Gasteiger partial charge in [-0.2, -0.15) is 9.61 Å². The first-order valence-electron chi connectivity index (χ1n) is 8.20. The van der Waals surface area contributed by atoms with Gasteiger partial charge in [-0.05, 0) is 40.9 Å². The summed E-state index contributed by atoms with van der Waals surface area (Å²) in [6, 6.07) is 1.99. The van der Waals surface area contributed by atoms with Crippen molar-refractivity contribution < 1.29 is 0 Å². The summed E-state index contributed by atoms with van der Waals surface area (Å²) >= 11 is 0. The molecule has 1 N–H and O–H groups in total. The van der Waals surface area contributed by atoms with Crippen LogP contribution >= 0.6 is 0 Å². The van der Waals surface area contributed by atoms with Gasteiger partial charge in [-0.1, -0.05) is 0 Å². The standard InChI is InChI=1S/C17H25N7/c1-12-13(2)20-15-11-14(17-19-8-10-23(17)5)21-24(15)16(12)18-7-6-9-22(3)4/h8,10-11,18H,6-7,9H2,1-5H3. The zero-order valence-corrected chi connectivity index (χ0v) is 15.0. The predicted octanol–water partition coefficient (Wildman–Crippen LogP) is 2.11. The number of aromatic nitrogens is 5. The van der Waals surface area contributed by atoms with Crippen molar-refractivity contribution in [2.45, 2.75) is 20.3 Å². The van der Waals surface area contributed by atoms with Crippen molar-refractivity contribution in [1.82, 2.24) is 29.0 Å². The molecule has 7 heteroatoms. The first-order chi connectivity index (χ1) is 11.5. The molecule has 7 nitrogen and oxygen atoms in total. The number of hydrogen-bond donors (Lipinski definition) is 1. The third-order valence-electron chi connectivity index (χ3n) is 4.21. The van der Waals surface area contributed by atoms with E-state index in [9.17, 15) is 0 Å². The van der Waals surface area contributed by atoms with Crippen LogP contribution in [-0.4, -0.2) is 56.2 Å². The molecule has 0 saturated carbocycles. The van der Waals surface area contributed by atoms with E-state index in [4.69, 9.17) is 5.10 Å². The second-order valence-electron chi connectivity index (χ2n) is 6.42. The Balaban J connectivity index is 1.96. The van der Waals surface area contributed by atoms with E-state index in [0.717, 1.165) is 53.8 Å². The molecule has 0 aliphatic heterocycles. The van der Waals surface area contributed by atoms with Crippen LogP contribution in [0.5, 0.6) is 0 Å². The highest BCUT2D eigenvalue weighted by molar-refractivity contribution is 5.62. The van der Waals surface area contributed by atoms with Crippen molar-refractivity contribution in [3.63, 3.8) is 0 Å². The zero-order valence-electron chi connectivity index (χ0n) is 15.0. The molecule has 3 heterocycles. The van der Waals surface area contributed by atoms with Crippen LogP contribution in [0, 0.1) is 13.8 Å². The summed E-state index contributed by atoms with van der Waals surface area (Å²) in [5.74, 6) is 1.85. The van der Waals surface area contributed by atoms with Gasteiger partial charge in [-0.25, -0.2) is 9.97 Å². The molecule has 0 unspecified atom stereocenters. The Morgan fingerprint density at radius 2 is 2.04 bits per heavy atom. The Kier molecular flexibility index (Phi) is 4.53. The molecule has 0 atom stereocenters. The van der Waals surface area contributed by atoms with E-state index in [1.807, 2.05) is 35.3 Å². The fourth-order valence-corrected chi connectivity index (χ4v) is 2.73. The van der Waals surface area contributed by atoms with Crippen LogP contribution < -0.4 is 5.32 Å². The minimum Gasteiger partial charge on any atom is -0.370 e. The molecule has 3 aromatic heterocycles. The number of nitrogens with one attached hydrogen (secondary N) is 1. The highest BCUT2D eigenvalue weighted by atomic mass is 15.3. The predicted molar refractivity (Wildman–Crippen MR) is 96.3 cm³/mol. The molecule has 128 valence electrons. The lowest BCUT2D eigenvalue weighted by Crippen LogP contribution is -2.18. The summed E-state index contributed by atoms with van der Waals surface area (Å²) in [6.45, 7) is 6.07. The summed E-state index contributed by atoms with van der Waals surface area (Å²) in [4.78, 5) is 11.2. The van der Waals surface area contributed by atoms with Gasteiger partial charge in [0.1, 0.15) is 11.5 Å². The first-order valence-corrected chi connectivity index (χ1v) is 8.20. The summed E-state index contributed by atoms with van der Waals surface area (Å²) in [7, 11) is 6.15. The number of imidazole rings is 1. The fraction of sp³-hybridized carbons (Fsp3) is 0.471. The van der Waals surface area contributed by atoms with Crippen LogP contribution in [0.15, 0.2) is 18.5 Å². The molecule has 0 aliphatic carbocycles. The van der Waals surface area contributed by atoms with E-state index in [1.54, 1.807) is 6.20 Å². The molecular formula is C17H25N7. The van der Waals surface area contributed by atoms with E-state index < -0.39 is 0 Å². The van der Waals surface area contributed by atoms with Crippen molar-refractivity contribution in [3.8, 4) is 11.5 Å². The molecule has 0 bridgehead atoms. The molecule has 0 aromatic carbocycles. The van der Waals surface area contributed by atoms with Crippen LogP contribution in [0.25, 0.3) is 17.2 Å². The molecule has 0 aliphatic rings. The number of nitrogens with zero attached hydrogens (tertiary/aromatic N) is 6. The number of anilines is 1. The smallest absolute Gasteiger partial charge is 0.160 e. The van der Waals surface area contributed by atoms with Gasteiger partial charge in [0, 0.05) is 43.3 Å². The highest BCUT2D eigenvalue weighted by Gasteiger charge is 2.15. The maximum atomic E-state index is 4.73. The van der Waals surface area contributed by atoms with Gasteiger partial charge in [0.25, 0.3) is 0 Å². The van der Waals surface area contributed by atoms with Gasteiger partial charge in [0.2, 0.25) is 0 Å². The normalized spacial score (nSPS) is 11.6. The molecule has 3 aromatic rings. The second kappa shape index (κ2) is 6.60. The topological polar surface area (TPSA) is 63.3 Å². The van der Waals surface area contributed by atoms with Crippen molar-refractivity contribution in [2.24, 2.45) is 7.05 Å². The number of aryl methyl sites for hydroxylation is 2. The van der Waals surface area contributed by atoms with Crippen molar-refractivity contribution in [2.75, 3.05) is 32.5 Å². The fourth-order valence-electron chi connectivity index (χ4n) is 2.73. The Hall–Kier alpha value is -2.41. The van der Waals surface area contributed by atoms with Gasteiger partial charge in [0.15, 0.2) is 11.5 Å². The van der Waals surface area contributed by atoms with Crippen molar-refractivity contribution >= 4 is 11.5 Å². The summed E-state index contributed by atoms with van der Waals surface area (Å²) in [5, 5.41) is 8.26. The van der Waals surface area contributed by atoms with Crippen LogP contribution in [0.2, 0.25) is 0 Å². The van der Waals surface area contributed by atoms with E-state index >= 15 is 0 Å². The molecule has 0 radical (unpaired) electrons. The van der Waals surface area contributed by atoms with Crippen LogP contribution in [0.1, 0.15) is 17.7 Å². The van der Waals surface area contributed by atoms with Crippen molar-refractivity contribution in [3.05, 3.63) is 29.7 Å². The van der Waals surface area contributed by atoms with Gasteiger partial charge in [-0.15, -0.1) is 0 Å². The average Bonchev–Trinajstić information content (AvgIpc) is 3.12. The monoisotopic (exact) mass is 327 g/mol. The Bertz CT molecular complexity index is 844. The molecule has 0 amide bonds. The molecule has 3 rings (SSSR count). The zero-order chi connectivity index (χ0) is 17.3. The maximum Gasteiger partial charge on any atom is 0.160 e. The Morgan fingerprint density at radius 1 is 1.25 bits per heavy atom. The summed E-state index contributed by atoms with van der Waals surface area (Å²) < 4.78 is 3.85. The molecule has 24 heavy (non-hydrogen) atoms. The Morgan fingerprint density at radius 3 is 2.71 bits per heavy atom. The lowest BCUT2D eigenvalue weighted by molar-refractivity contribution is 0.405. The van der Waals surface area contributed by atoms with Gasteiger partial charge in [-0.3, -0.25) is 0 Å². The summed E-state index contributed by atoms with van der Waals surface area (Å²) in [5.41, 5.74) is 3.81. The SMILES string of the molecule is Cc1nc2cc(-c3nccn3C)nn2c(NCCCN(C)C)c1C. The molecular weight excluding hydrogens is 302 g/mol. The lowest BCUT2D eigenvalue weighted by Gasteiger charge is -2.14. The van der Waals surface area contributed by atoms with E-state index in [2.05, 4.69) is 41.2 Å². The average molecular weight is 327 g/mol. The Labute approximate surface area is 142 Å². The van der Waals surface area contributed by atoms with E-state index in [-0.39, 0.29) is 0 Å². The van der Waals surface area contributed by atoms with Gasteiger partial charge < -0.3 is 14.8 Å². The number of hydrogen-bond acceptors (Lipinski definition) is 5. The third-order valence-corrected chi connectivity index (χ3v) is 4.21. The minimum atomic E-state index is 0.830. The molecule has 0 fully saturated rings. The first kappa shape index (κ1) is 16.4. The quantitative estimate of drug-likeness (QED) is 0.703. The van der Waals surface area contributed by atoms with E-state index in [1.165, 1.54) is 0 Å². The third kappa shape index (κ3) is 3.12. The number of rotatable bonds is 6. The van der Waals surface area contributed by atoms with Crippen LogP contribution in [0.3, 0.4) is 0 Å². The van der Waals surface area contributed by atoms with Gasteiger partial charge >= 0.3 is 0 Å². The van der Waals surface area contributed by atoms with E-state index in [0.29, 0.717) is 0 Å². The van der Waals surface area contributed by atoms with Crippen LogP contribution in [-0.2, 0) is 7.05 Å². The second-order valence-corrected chi connectivity index (χ2v) is 6.42. The largest absolute Gasteiger partial charge is 0.370 e. The van der Waals surface area contributed by atoms with Crippen LogP contribution in [0.4, 0.5) is 5.82 Å². The summed E-state index contributed by atoms with van der Waals surface area (Å²) in [6.07, 6.45) is 4.77. The maximum absolute atomic E-state index is 4.73. The van der Waals surface area contributed by atoms with Crippen molar-refractivity contribution in [1.29, 1.82) is 0 Å². The highest BCUT2D eigenvalue weighted by Crippen LogP contribution is 2.23. The molecule has 0 spiro atoms. The number of fused-ring (bicyclic) bond motifs is 1. The van der Waals surface area contributed by atoms with Gasteiger partial charge in [0.05, 0.1) is 0 Å².